The number of aliphatic hydroxyl groups is 1. The van der Waals surface area contributed by atoms with Crippen molar-refractivity contribution < 1.29 is 14.3 Å². The standard InChI is InChI=1S/C12H14ClFN2O2/c13-10-6-8(3-4-11(10)14)15-12(18)16-5-1-2-9(17)7-16/h3-4,6,9,17H,1-2,5,7H2,(H,15,18)/t9-/m1/s1. The van der Waals surface area contributed by atoms with Crippen molar-refractivity contribution in [2.75, 3.05) is 18.4 Å². The molecular weight excluding hydrogens is 259 g/mol. The van der Waals surface area contributed by atoms with Gasteiger partial charge >= 0.3 is 6.03 Å². The number of halogens is 2. The van der Waals surface area contributed by atoms with Crippen LogP contribution in [0.25, 0.3) is 0 Å². The Morgan fingerprint density at radius 1 is 1.56 bits per heavy atom. The second-order valence-corrected chi connectivity index (χ2v) is 4.71. The lowest BCUT2D eigenvalue weighted by Gasteiger charge is -2.30. The van der Waals surface area contributed by atoms with Crippen LogP contribution in [-0.2, 0) is 0 Å². The number of likely N-dealkylation sites (tertiary alicyclic amines) is 1. The van der Waals surface area contributed by atoms with Gasteiger partial charge in [0.15, 0.2) is 0 Å². The van der Waals surface area contributed by atoms with Crippen LogP contribution in [0, 0.1) is 5.82 Å². The van der Waals surface area contributed by atoms with Gasteiger partial charge in [-0.1, -0.05) is 11.6 Å². The minimum absolute atomic E-state index is 0.0357. The van der Waals surface area contributed by atoms with Crippen molar-refractivity contribution in [1.82, 2.24) is 4.90 Å². The van der Waals surface area contributed by atoms with Crippen molar-refractivity contribution in [2.45, 2.75) is 18.9 Å². The summed E-state index contributed by atoms with van der Waals surface area (Å²) in [6, 6.07) is 3.69. The molecule has 0 saturated carbocycles. The number of aliphatic hydroxyl groups excluding tert-OH is 1. The van der Waals surface area contributed by atoms with Crippen molar-refractivity contribution in [3.05, 3.63) is 29.0 Å². The Balaban J connectivity index is 2.00. The fourth-order valence-electron chi connectivity index (χ4n) is 1.92. The van der Waals surface area contributed by atoms with Crippen LogP contribution in [0.1, 0.15) is 12.8 Å². The molecule has 1 aliphatic heterocycles. The van der Waals surface area contributed by atoms with E-state index in [-0.39, 0.29) is 11.1 Å². The molecule has 1 saturated heterocycles. The van der Waals surface area contributed by atoms with E-state index in [1.807, 2.05) is 0 Å². The van der Waals surface area contributed by atoms with E-state index in [0.717, 1.165) is 6.42 Å². The third-order valence-corrected chi connectivity index (χ3v) is 3.14. The Bertz CT molecular complexity index is 456. The van der Waals surface area contributed by atoms with Gasteiger partial charge in [0.05, 0.1) is 11.1 Å². The molecule has 0 aliphatic carbocycles. The molecule has 1 heterocycles. The first-order valence-electron chi connectivity index (χ1n) is 5.75. The number of anilines is 1. The van der Waals surface area contributed by atoms with Gasteiger partial charge in [-0.15, -0.1) is 0 Å². The number of hydrogen-bond acceptors (Lipinski definition) is 2. The van der Waals surface area contributed by atoms with E-state index in [2.05, 4.69) is 5.32 Å². The number of carbonyl (C=O) groups is 1. The highest BCUT2D eigenvalue weighted by atomic mass is 35.5. The van der Waals surface area contributed by atoms with Gasteiger partial charge in [0.2, 0.25) is 0 Å². The van der Waals surface area contributed by atoms with Crippen molar-refractivity contribution in [1.29, 1.82) is 0 Å². The summed E-state index contributed by atoms with van der Waals surface area (Å²) in [5.74, 6) is -0.525. The minimum Gasteiger partial charge on any atom is -0.391 e. The summed E-state index contributed by atoms with van der Waals surface area (Å²) >= 11 is 5.63. The van der Waals surface area contributed by atoms with Crippen LogP contribution in [0.15, 0.2) is 18.2 Å². The Morgan fingerprint density at radius 3 is 3.00 bits per heavy atom. The highest BCUT2D eigenvalue weighted by Crippen LogP contribution is 2.20. The van der Waals surface area contributed by atoms with Crippen LogP contribution >= 0.6 is 11.6 Å². The van der Waals surface area contributed by atoms with E-state index in [4.69, 9.17) is 11.6 Å². The maximum Gasteiger partial charge on any atom is 0.321 e. The fraction of sp³-hybridized carbons (Fsp3) is 0.417. The number of carbonyl (C=O) groups excluding carboxylic acids is 1. The molecule has 2 amide bonds. The van der Waals surface area contributed by atoms with E-state index in [1.165, 1.54) is 23.1 Å². The number of urea groups is 1. The van der Waals surface area contributed by atoms with Gasteiger partial charge in [0.25, 0.3) is 0 Å². The molecule has 1 fully saturated rings. The number of nitrogens with zero attached hydrogens (tertiary/aromatic N) is 1. The summed E-state index contributed by atoms with van der Waals surface area (Å²) < 4.78 is 13.0. The zero-order valence-electron chi connectivity index (χ0n) is 9.70. The summed E-state index contributed by atoms with van der Waals surface area (Å²) in [7, 11) is 0. The summed E-state index contributed by atoms with van der Waals surface area (Å²) in [6.07, 6.45) is 1.02. The molecule has 0 radical (unpaired) electrons. The maximum atomic E-state index is 13.0. The first kappa shape index (κ1) is 13.1. The molecule has 0 bridgehead atoms. The molecule has 1 atom stereocenters. The van der Waals surface area contributed by atoms with Crippen LogP contribution in [0.4, 0.5) is 14.9 Å². The summed E-state index contributed by atoms with van der Waals surface area (Å²) in [4.78, 5) is 13.4. The smallest absolute Gasteiger partial charge is 0.321 e. The predicted molar refractivity (Wildman–Crippen MR) is 67.2 cm³/mol. The second kappa shape index (κ2) is 5.54. The Labute approximate surface area is 109 Å². The molecule has 18 heavy (non-hydrogen) atoms. The molecule has 1 aliphatic rings. The number of nitrogens with one attached hydrogen (secondary N) is 1. The lowest BCUT2D eigenvalue weighted by Crippen LogP contribution is -2.44. The molecule has 1 aromatic rings. The third-order valence-electron chi connectivity index (χ3n) is 2.85. The monoisotopic (exact) mass is 272 g/mol. The number of piperidine rings is 1. The number of β-amino-alcohol motifs (C(OH)–C–C–N with tert-alkyl or cyclic N) is 1. The molecular formula is C12H14ClFN2O2. The van der Waals surface area contributed by atoms with Crippen molar-refractivity contribution in [3.8, 4) is 0 Å². The van der Waals surface area contributed by atoms with Gasteiger partial charge in [-0.2, -0.15) is 0 Å². The number of amides is 2. The number of rotatable bonds is 1. The van der Waals surface area contributed by atoms with Gasteiger partial charge in [-0.3, -0.25) is 0 Å². The van der Waals surface area contributed by atoms with Gasteiger partial charge in [-0.05, 0) is 31.0 Å². The topological polar surface area (TPSA) is 52.6 Å². The zero-order valence-corrected chi connectivity index (χ0v) is 10.5. The van der Waals surface area contributed by atoms with Crippen LogP contribution < -0.4 is 5.32 Å². The van der Waals surface area contributed by atoms with E-state index < -0.39 is 11.9 Å². The average molecular weight is 273 g/mol. The molecule has 4 nitrogen and oxygen atoms in total. The largest absolute Gasteiger partial charge is 0.391 e. The quantitative estimate of drug-likeness (QED) is 0.825. The highest BCUT2D eigenvalue weighted by molar-refractivity contribution is 6.31. The fourth-order valence-corrected chi connectivity index (χ4v) is 2.10. The van der Waals surface area contributed by atoms with Crippen molar-refractivity contribution in [3.63, 3.8) is 0 Å². The molecule has 0 aromatic heterocycles. The highest BCUT2D eigenvalue weighted by Gasteiger charge is 2.22. The molecule has 0 spiro atoms. The predicted octanol–water partition coefficient (Wildman–Crippen LogP) is 2.47. The average Bonchev–Trinajstić information content (AvgIpc) is 2.34. The molecule has 2 rings (SSSR count). The minimum atomic E-state index is -0.525. The number of hydrogen-bond donors (Lipinski definition) is 2. The van der Waals surface area contributed by atoms with Crippen LogP contribution in [-0.4, -0.2) is 35.2 Å². The molecule has 2 N–H and O–H groups in total. The van der Waals surface area contributed by atoms with Crippen molar-refractivity contribution in [2.24, 2.45) is 0 Å². The summed E-state index contributed by atoms with van der Waals surface area (Å²) in [5, 5.41) is 12.1. The Kier molecular flexibility index (Phi) is 4.04. The van der Waals surface area contributed by atoms with Crippen molar-refractivity contribution >= 4 is 23.3 Å². The number of benzene rings is 1. The Hall–Kier alpha value is -1.33. The maximum absolute atomic E-state index is 13.0. The van der Waals surface area contributed by atoms with Gasteiger partial charge < -0.3 is 15.3 Å². The molecule has 1 aromatic carbocycles. The lowest BCUT2D eigenvalue weighted by molar-refractivity contribution is 0.0883. The SMILES string of the molecule is O=C(Nc1ccc(F)c(Cl)c1)N1CCC[C@@H](O)C1. The summed E-state index contributed by atoms with van der Waals surface area (Å²) in [5.41, 5.74) is 0.437. The summed E-state index contributed by atoms with van der Waals surface area (Å²) in [6.45, 7) is 0.929. The van der Waals surface area contributed by atoms with Gasteiger partial charge in [0.1, 0.15) is 5.82 Å². The molecule has 0 unspecified atom stereocenters. The van der Waals surface area contributed by atoms with E-state index in [0.29, 0.717) is 25.2 Å². The zero-order chi connectivity index (χ0) is 13.1. The van der Waals surface area contributed by atoms with E-state index in [9.17, 15) is 14.3 Å². The Morgan fingerprint density at radius 2 is 2.33 bits per heavy atom. The van der Waals surface area contributed by atoms with Gasteiger partial charge in [0, 0.05) is 18.8 Å². The normalized spacial score (nSPS) is 19.7. The lowest BCUT2D eigenvalue weighted by atomic mass is 10.1. The van der Waals surface area contributed by atoms with E-state index >= 15 is 0 Å². The third kappa shape index (κ3) is 3.11. The van der Waals surface area contributed by atoms with Crippen LogP contribution in [0.2, 0.25) is 5.02 Å². The molecule has 6 heteroatoms. The first-order valence-corrected chi connectivity index (χ1v) is 6.13. The van der Waals surface area contributed by atoms with Gasteiger partial charge in [-0.25, -0.2) is 9.18 Å². The second-order valence-electron chi connectivity index (χ2n) is 4.30. The first-order chi connectivity index (χ1) is 8.56. The molecule has 98 valence electrons. The van der Waals surface area contributed by atoms with E-state index in [1.54, 1.807) is 0 Å². The van der Waals surface area contributed by atoms with Crippen LogP contribution in [0.3, 0.4) is 0 Å². The van der Waals surface area contributed by atoms with Crippen LogP contribution in [0.5, 0.6) is 0 Å².